The Labute approximate surface area is 127 Å². The van der Waals surface area contributed by atoms with Crippen LogP contribution in [0.5, 0.6) is 0 Å². The molecule has 2 unspecified atom stereocenters. The highest BCUT2D eigenvalue weighted by atomic mass is 16.5. The van der Waals surface area contributed by atoms with E-state index in [4.69, 9.17) is 4.74 Å². The molecule has 1 aromatic rings. The van der Waals surface area contributed by atoms with Crippen LogP contribution in [0.25, 0.3) is 0 Å². The molecule has 6 heteroatoms. The second-order valence-corrected chi connectivity index (χ2v) is 6.52. The standard InChI is InChI=1S/C15H28N4O2/c1-11(2)8-19-15(16-10-17-19)7-13(20)14-9-18(12(3)4)5-6-21-14/h10-14,20H,5-9H2,1-4H3. The van der Waals surface area contributed by atoms with Crippen molar-refractivity contribution in [3.8, 4) is 0 Å². The molecule has 6 nitrogen and oxygen atoms in total. The maximum atomic E-state index is 10.5. The molecule has 0 aliphatic carbocycles. The Bertz CT molecular complexity index is 433. The van der Waals surface area contributed by atoms with Crippen LogP contribution < -0.4 is 0 Å². The second kappa shape index (κ2) is 7.33. The van der Waals surface area contributed by atoms with Crippen molar-refractivity contribution in [3.63, 3.8) is 0 Å². The number of aromatic nitrogens is 3. The SMILES string of the molecule is CC(C)Cn1ncnc1CC(O)C1CN(C(C)C)CCO1. The molecule has 1 aliphatic rings. The quantitative estimate of drug-likeness (QED) is 0.846. The molecular weight excluding hydrogens is 268 g/mol. The summed E-state index contributed by atoms with van der Waals surface area (Å²) in [5.41, 5.74) is 0. The maximum Gasteiger partial charge on any atom is 0.138 e. The van der Waals surface area contributed by atoms with Crippen LogP contribution in [-0.2, 0) is 17.7 Å². The van der Waals surface area contributed by atoms with Crippen LogP contribution in [0.2, 0.25) is 0 Å². The Hall–Kier alpha value is -0.980. The van der Waals surface area contributed by atoms with Gasteiger partial charge < -0.3 is 9.84 Å². The highest BCUT2D eigenvalue weighted by Gasteiger charge is 2.29. The molecule has 0 bridgehead atoms. The zero-order valence-corrected chi connectivity index (χ0v) is 13.6. The van der Waals surface area contributed by atoms with Gasteiger partial charge in [0.2, 0.25) is 0 Å². The average Bonchev–Trinajstić information content (AvgIpc) is 2.85. The minimum absolute atomic E-state index is 0.148. The number of aliphatic hydroxyl groups excluding tert-OH is 1. The molecule has 0 radical (unpaired) electrons. The first-order valence-corrected chi connectivity index (χ1v) is 7.87. The molecule has 120 valence electrons. The van der Waals surface area contributed by atoms with Crippen molar-refractivity contribution >= 4 is 0 Å². The van der Waals surface area contributed by atoms with Crippen LogP contribution >= 0.6 is 0 Å². The molecule has 2 heterocycles. The van der Waals surface area contributed by atoms with E-state index in [0.29, 0.717) is 25.0 Å². The van der Waals surface area contributed by atoms with E-state index in [1.807, 2.05) is 4.68 Å². The maximum absolute atomic E-state index is 10.5. The Kier molecular flexibility index (Phi) is 5.72. The smallest absolute Gasteiger partial charge is 0.138 e. The third-order valence-electron chi connectivity index (χ3n) is 3.91. The summed E-state index contributed by atoms with van der Waals surface area (Å²) in [6.07, 6.45) is 1.36. The van der Waals surface area contributed by atoms with Gasteiger partial charge in [-0.05, 0) is 19.8 Å². The topological polar surface area (TPSA) is 63.4 Å². The molecule has 0 aromatic carbocycles. The van der Waals surface area contributed by atoms with Crippen LogP contribution in [-0.4, -0.2) is 62.7 Å². The van der Waals surface area contributed by atoms with E-state index >= 15 is 0 Å². The molecule has 2 atom stereocenters. The minimum Gasteiger partial charge on any atom is -0.390 e. The molecule has 1 aliphatic heterocycles. The summed E-state index contributed by atoms with van der Waals surface area (Å²) < 4.78 is 7.63. The van der Waals surface area contributed by atoms with Gasteiger partial charge in [0.05, 0.1) is 18.8 Å². The molecule has 0 saturated carbocycles. The molecule has 0 amide bonds. The average molecular weight is 296 g/mol. The van der Waals surface area contributed by atoms with Crippen LogP contribution in [0.4, 0.5) is 0 Å². The van der Waals surface area contributed by atoms with Gasteiger partial charge in [-0.25, -0.2) is 9.67 Å². The van der Waals surface area contributed by atoms with Crippen molar-refractivity contribution in [1.29, 1.82) is 0 Å². The van der Waals surface area contributed by atoms with Gasteiger partial charge in [-0.3, -0.25) is 4.90 Å². The number of nitrogens with zero attached hydrogens (tertiary/aromatic N) is 4. The lowest BCUT2D eigenvalue weighted by Gasteiger charge is -2.37. The lowest BCUT2D eigenvalue weighted by molar-refractivity contribution is -0.0947. The fourth-order valence-electron chi connectivity index (χ4n) is 2.66. The van der Waals surface area contributed by atoms with Crippen molar-refractivity contribution in [2.24, 2.45) is 5.92 Å². The highest BCUT2D eigenvalue weighted by molar-refractivity contribution is 4.92. The van der Waals surface area contributed by atoms with E-state index < -0.39 is 6.10 Å². The van der Waals surface area contributed by atoms with Crippen LogP contribution in [0.3, 0.4) is 0 Å². The van der Waals surface area contributed by atoms with Gasteiger partial charge in [-0.1, -0.05) is 13.8 Å². The lowest BCUT2D eigenvalue weighted by atomic mass is 10.1. The third kappa shape index (κ3) is 4.49. The van der Waals surface area contributed by atoms with Gasteiger partial charge in [-0.2, -0.15) is 5.10 Å². The van der Waals surface area contributed by atoms with E-state index in [9.17, 15) is 5.11 Å². The summed E-state index contributed by atoms with van der Waals surface area (Å²) in [7, 11) is 0. The monoisotopic (exact) mass is 296 g/mol. The van der Waals surface area contributed by atoms with E-state index in [2.05, 4.69) is 42.7 Å². The summed E-state index contributed by atoms with van der Waals surface area (Å²) in [4.78, 5) is 6.62. The number of rotatable bonds is 6. The number of hydrogen-bond donors (Lipinski definition) is 1. The van der Waals surface area contributed by atoms with Crippen molar-refractivity contribution in [3.05, 3.63) is 12.2 Å². The first kappa shape index (κ1) is 16.4. The van der Waals surface area contributed by atoms with E-state index in [0.717, 1.165) is 25.5 Å². The number of ether oxygens (including phenoxy) is 1. The second-order valence-electron chi connectivity index (χ2n) is 6.52. The third-order valence-corrected chi connectivity index (χ3v) is 3.91. The van der Waals surface area contributed by atoms with Crippen LogP contribution in [0.15, 0.2) is 6.33 Å². The zero-order valence-electron chi connectivity index (χ0n) is 13.6. The van der Waals surface area contributed by atoms with Gasteiger partial charge in [0.15, 0.2) is 0 Å². The van der Waals surface area contributed by atoms with Gasteiger partial charge in [-0.15, -0.1) is 0 Å². The van der Waals surface area contributed by atoms with Crippen molar-refractivity contribution < 1.29 is 9.84 Å². The number of hydrogen-bond acceptors (Lipinski definition) is 5. The summed E-state index contributed by atoms with van der Waals surface area (Å²) in [5, 5.41) is 14.7. The fourth-order valence-corrected chi connectivity index (χ4v) is 2.66. The van der Waals surface area contributed by atoms with Gasteiger partial charge in [0.25, 0.3) is 0 Å². The van der Waals surface area contributed by atoms with Crippen LogP contribution in [0, 0.1) is 5.92 Å². The lowest BCUT2D eigenvalue weighted by Crippen LogP contribution is -2.50. The first-order chi connectivity index (χ1) is 9.97. The Morgan fingerprint density at radius 2 is 2.14 bits per heavy atom. The molecule has 1 aromatic heterocycles. The molecular formula is C15H28N4O2. The first-order valence-electron chi connectivity index (χ1n) is 7.87. The van der Waals surface area contributed by atoms with Gasteiger partial charge in [0, 0.05) is 32.1 Å². The number of aliphatic hydroxyl groups is 1. The van der Waals surface area contributed by atoms with Crippen molar-refractivity contribution in [1.82, 2.24) is 19.7 Å². The summed E-state index contributed by atoms with van der Waals surface area (Å²) in [6.45, 7) is 11.9. The minimum atomic E-state index is -0.540. The summed E-state index contributed by atoms with van der Waals surface area (Å²) in [5.74, 6) is 1.34. The summed E-state index contributed by atoms with van der Waals surface area (Å²) in [6, 6.07) is 0.480. The Morgan fingerprint density at radius 3 is 2.81 bits per heavy atom. The Balaban J connectivity index is 1.94. The number of morpholine rings is 1. The van der Waals surface area contributed by atoms with E-state index in [-0.39, 0.29) is 6.10 Å². The zero-order chi connectivity index (χ0) is 15.4. The largest absolute Gasteiger partial charge is 0.390 e. The molecule has 1 N–H and O–H groups in total. The molecule has 1 fully saturated rings. The predicted molar refractivity (Wildman–Crippen MR) is 81.0 cm³/mol. The van der Waals surface area contributed by atoms with E-state index in [1.165, 1.54) is 0 Å². The van der Waals surface area contributed by atoms with E-state index in [1.54, 1.807) is 6.33 Å². The molecule has 21 heavy (non-hydrogen) atoms. The molecule has 2 rings (SSSR count). The molecule has 1 saturated heterocycles. The summed E-state index contributed by atoms with van der Waals surface area (Å²) >= 11 is 0. The predicted octanol–water partition coefficient (Wildman–Crippen LogP) is 0.947. The van der Waals surface area contributed by atoms with Crippen molar-refractivity contribution in [2.75, 3.05) is 19.7 Å². The Morgan fingerprint density at radius 1 is 1.38 bits per heavy atom. The normalized spacial score (nSPS) is 22.1. The van der Waals surface area contributed by atoms with Crippen LogP contribution in [0.1, 0.15) is 33.5 Å². The van der Waals surface area contributed by atoms with Gasteiger partial charge in [0.1, 0.15) is 12.2 Å². The van der Waals surface area contributed by atoms with Crippen molar-refractivity contribution in [2.45, 2.75) is 58.9 Å². The van der Waals surface area contributed by atoms with Gasteiger partial charge >= 0.3 is 0 Å². The highest BCUT2D eigenvalue weighted by Crippen LogP contribution is 2.14. The molecule has 0 spiro atoms. The fraction of sp³-hybridized carbons (Fsp3) is 0.867.